The molecule has 6 unspecified atom stereocenters. The number of hydrogen-bond donors (Lipinski definition) is 0. The molecule has 4 nitrogen and oxygen atoms in total. The van der Waals surface area contributed by atoms with Crippen LogP contribution in [0.1, 0.15) is 172 Å². The van der Waals surface area contributed by atoms with Gasteiger partial charge in [-0.2, -0.15) is 33.7 Å². The van der Waals surface area contributed by atoms with Gasteiger partial charge < -0.3 is 13.9 Å². The molecule has 7 atom stereocenters. The number of ketones is 1. The predicted molar refractivity (Wildman–Crippen MR) is 228 cm³/mol. The molecule has 4 aliphatic carbocycles. The van der Waals surface area contributed by atoms with E-state index in [9.17, 15) is 26.7 Å². The summed E-state index contributed by atoms with van der Waals surface area (Å²) < 4.78 is 83.1. The predicted octanol–water partition coefficient (Wildman–Crippen LogP) is 14.6. The summed E-state index contributed by atoms with van der Waals surface area (Å²) in [4.78, 5) is 14.9. The van der Waals surface area contributed by atoms with Crippen LogP contribution in [0.2, 0.25) is 18.1 Å². The highest BCUT2D eigenvalue weighted by atomic mass is 32.2. The summed E-state index contributed by atoms with van der Waals surface area (Å²) in [6.07, 6.45) is 10.4. The van der Waals surface area contributed by atoms with E-state index in [-0.39, 0.29) is 40.6 Å². The fraction of sp³-hybridized carbons (Fsp3) is 0.851. The quantitative estimate of drug-likeness (QED) is 0.0743. The van der Waals surface area contributed by atoms with Gasteiger partial charge in [-0.3, -0.25) is 4.79 Å². The molecule has 330 valence electrons. The molecular weight excluding hydrogens is 784 g/mol. The SMILES string of the molecule is CC(C)C(C)(C)[Si](C)(C)OC1CC2C3C(CCCCCCCCCSCCCC(F)(F)C(F)(F)F)C(=O)c4cc(OC5CCCCO5)ccc4C3CC[C@]2(C)C12CC2. The van der Waals surface area contributed by atoms with E-state index in [4.69, 9.17) is 13.9 Å². The highest BCUT2D eigenvalue weighted by molar-refractivity contribution is 7.99. The normalized spacial score (nSPS) is 29.7. The standard InChI is InChI=1S/C47H73F5O4SSi/c1-32(2)43(3,4)58(6,7)56-39-31-38-41-35(22-24-44(38,5)45(39)25-26-45)34-21-20-33(55-40-19-14-15-27-54-40)30-37(34)42(53)36(41)18-13-11-9-8-10-12-16-28-57-29-17-23-46(48,49)47(50,51)52/h20-21,30,32,35-36,38-41H,8-19,22-29,31H2,1-7H3/t35?,36?,38?,39?,40?,41?,44-/m0/s1. The van der Waals surface area contributed by atoms with Gasteiger partial charge in [0.25, 0.3) is 0 Å². The van der Waals surface area contributed by atoms with Gasteiger partial charge >= 0.3 is 12.1 Å². The number of hydrogen-bond acceptors (Lipinski definition) is 5. The van der Waals surface area contributed by atoms with Gasteiger partial charge in [-0.15, -0.1) is 0 Å². The average Bonchev–Trinajstić information content (AvgIpc) is 3.94. The average molecular weight is 857 g/mol. The Morgan fingerprint density at radius 3 is 2.22 bits per heavy atom. The zero-order valence-corrected chi connectivity index (χ0v) is 38.4. The van der Waals surface area contributed by atoms with Crippen molar-refractivity contribution in [2.45, 2.75) is 199 Å². The molecule has 1 aliphatic heterocycles. The topological polar surface area (TPSA) is 44.8 Å². The van der Waals surface area contributed by atoms with E-state index in [1.165, 1.54) is 36.6 Å². The number of unbranched alkanes of at least 4 members (excludes halogenated alkanes) is 6. The summed E-state index contributed by atoms with van der Waals surface area (Å²) >= 11 is 1.47. The third kappa shape index (κ3) is 9.42. The van der Waals surface area contributed by atoms with Gasteiger partial charge in [-0.25, -0.2) is 0 Å². The van der Waals surface area contributed by atoms with Gasteiger partial charge in [-0.1, -0.05) is 79.2 Å². The second-order valence-electron chi connectivity index (χ2n) is 20.4. The van der Waals surface area contributed by atoms with Crippen LogP contribution in [-0.4, -0.2) is 56.7 Å². The van der Waals surface area contributed by atoms with Crippen LogP contribution < -0.4 is 4.74 Å². The van der Waals surface area contributed by atoms with E-state index in [1.807, 2.05) is 6.07 Å². The second-order valence-corrected chi connectivity index (χ2v) is 26.2. The fourth-order valence-corrected chi connectivity index (χ4v) is 15.3. The molecule has 5 aliphatic rings. The van der Waals surface area contributed by atoms with Crippen LogP contribution in [0.25, 0.3) is 0 Å². The van der Waals surface area contributed by atoms with Crippen LogP contribution in [0.15, 0.2) is 18.2 Å². The second kappa shape index (κ2) is 18.3. The zero-order chi connectivity index (χ0) is 42.1. The van der Waals surface area contributed by atoms with E-state index >= 15 is 0 Å². The first-order valence-corrected chi connectivity index (χ1v) is 27.0. The summed E-state index contributed by atoms with van der Waals surface area (Å²) in [5, 5.41) is 0.148. The van der Waals surface area contributed by atoms with Crippen molar-refractivity contribution in [3.63, 3.8) is 0 Å². The van der Waals surface area contributed by atoms with Crippen molar-refractivity contribution in [1.29, 1.82) is 0 Å². The molecule has 58 heavy (non-hydrogen) atoms. The van der Waals surface area contributed by atoms with Crippen LogP contribution in [0, 0.1) is 34.5 Å². The summed E-state index contributed by atoms with van der Waals surface area (Å²) in [6.45, 7) is 17.7. The lowest BCUT2D eigenvalue weighted by atomic mass is 9.50. The molecule has 11 heteroatoms. The monoisotopic (exact) mass is 856 g/mol. The molecule has 1 aromatic carbocycles. The largest absolute Gasteiger partial charge is 0.465 e. The van der Waals surface area contributed by atoms with Crippen LogP contribution in [0.4, 0.5) is 22.0 Å². The Balaban J connectivity index is 1.09. The molecule has 1 saturated heterocycles. The van der Waals surface area contributed by atoms with Crippen molar-refractivity contribution in [2.24, 2.45) is 34.5 Å². The molecule has 0 bridgehead atoms. The summed E-state index contributed by atoms with van der Waals surface area (Å²) in [6, 6.07) is 6.33. The summed E-state index contributed by atoms with van der Waals surface area (Å²) in [5.41, 5.74) is 2.50. The third-order valence-corrected chi connectivity index (χ3v) is 22.3. The molecule has 6 rings (SSSR count). The van der Waals surface area contributed by atoms with Gasteiger partial charge in [0.2, 0.25) is 0 Å². The molecule has 4 fully saturated rings. The first-order chi connectivity index (χ1) is 27.3. The number of alkyl halides is 5. The summed E-state index contributed by atoms with van der Waals surface area (Å²) in [5.74, 6) is -0.771. The zero-order valence-electron chi connectivity index (χ0n) is 36.6. The molecule has 1 aromatic rings. The highest BCUT2D eigenvalue weighted by Crippen LogP contribution is 2.77. The number of halogens is 5. The number of benzene rings is 1. The molecular formula is C47H73F5O4SSi. The number of fused-ring (bicyclic) bond motifs is 6. The maximum Gasteiger partial charge on any atom is 0.453 e. The molecule has 1 spiro atoms. The van der Waals surface area contributed by atoms with Crippen molar-refractivity contribution in [3.05, 3.63) is 29.3 Å². The molecule has 0 radical (unpaired) electrons. The Hall–Kier alpha value is -1.17. The number of ether oxygens (including phenoxy) is 2. The van der Waals surface area contributed by atoms with Crippen LogP contribution >= 0.6 is 11.8 Å². The number of carbonyl (C=O) groups is 1. The lowest BCUT2D eigenvalue weighted by Crippen LogP contribution is -2.50. The number of carbonyl (C=O) groups excluding carboxylic acids is 1. The van der Waals surface area contributed by atoms with Crippen LogP contribution in [-0.2, 0) is 9.16 Å². The smallest absolute Gasteiger partial charge is 0.453 e. The van der Waals surface area contributed by atoms with Crippen molar-refractivity contribution in [3.8, 4) is 5.75 Å². The molecule has 0 aromatic heterocycles. The van der Waals surface area contributed by atoms with Gasteiger partial charge in [0.1, 0.15) is 5.75 Å². The van der Waals surface area contributed by atoms with E-state index in [0.29, 0.717) is 41.8 Å². The Bertz CT molecular complexity index is 1540. The minimum Gasteiger partial charge on any atom is -0.465 e. The first kappa shape index (κ1) is 46.3. The Kier molecular flexibility index (Phi) is 14.6. The van der Waals surface area contributed by atoms with Crippen molar-refractivity contribution in [1.82, 2.24) is 0 Å². The minimum atomic E-state index is -5.46. The minimum absolute atomic E-state index is 0.0108. The van der Waals surface area contributed by atoms with Crippen molar-refractivity contribution >= 4 is 25.9 Å². The summed E-state index contributed by atoms with van der Waals surface area (Å²) in [7, 11) is -2.08. The highest BCUT2D eigenvalue weighted by Gasteiger charge is 2.73. The van der Waals surface area contributed by atoms with E-state index in [0.717, 1.165) is 101 Å². The Labute approximate surface area is 351 Å². The molecule has 3 saturated carbocycles. The number of thioether (sulfide) groups is 1. The maximum atomic E-state index is 14.9. The third-order valence-electron chi connectivity index (χ3n) is 16.6. The van der Waals surface area contributed by atoms with E-state index in [1.54, 1.807) is 0 Å². The number of rotatable bonds is 20. The van der Waals surface area contributed by atoms with Crippen molar-refractivity contribution in [2.75, 3.05) is 18.1 Å². The lowest BCUT2D eigenvalue weighted by Gasteiger charge is -2.53. The van der Waals surface area contributed by atoms with Gasteiger partial charge in [0.15, 0.2) is 20.4 Å². The maximum absolute atomic E-state index is 14.9. The van der Waals surface area contributed by atoms with E-state index in [2.05, 4.69) is 59.8 Å². The fourth-order valence-electron chi connectivity index (χ4n) is 11.6. The molecule has 0 N–H and O–H groups in total. The molecule has 1 heterocycles. The Morgan fingerprint density at radius 2 is 1.59 bits per heavy atom. The lowest BCUT2D eigenvalue weighted by molar-refractivity contribution is -0.284. The van der Waals surface area contributed by atoms with Gasteiger partial charge in [0, 0.05) is 29.7 Å². The first-order valence-electron chi connectivity index (χ1n) is 22.9. The van der Waals surface area contributed by atoms with E-state index < -0.39 is 26.8 Å². The van der Waals surface area contributed by atoms with Crippen LogP contribution in [0.3, 0.4) is 0 Å². The number of Topliss-reactive ketones (excluding diaryl/α,β-unsaturated/α-hetero) is 1. The van der Waals surface area contributed by atoms with Crippen molar-refractivity contribution < 1.29 is 40.6 Å². The van der Waals surface area contributed by atoms with Crippen LogP contribution in [0.5, 0.6) is 5.75 Å². The molecule has 0 amide bonds. The van der Waals surface area contributed by atoms with Gasteiger partial charge in [0.05, 0.1) is 12.7 Å². The van der Waals surface area contributed by atoms with Gasteiger partial charge in [-0.05, 0) is 141 Å². The Morgan fingerprint density at radius 1 is 0.914 bits per heavy atom.